The fourth-order valence-corrected chi connectivity index (χ4v) is 4.69. The zero-order chi connectivity index (χ0) is 26.8. The van der Waals surface area contributed by atoms with Gasteiger partial charge in [-0.05, 0) is 79.6 Å². The van der Waals surface area contributed by atoms with Crippen LogP contribution >= 0.6 is 23.2 Å². The van der Waals surface area contributed by atoms with Crippen LogP contribution in [0, 0.1) is 0 Å². The molecule has 200 valence electrons. The molecule has 0 heterocycles. The summed E-state index contributed by atoms with van der Waals surface area (Å²) in [4.78, 5) is 13.4. The van der Waals surface area contributed by atoms with Crippen LogP contribution in [0.5, 0.6) is 23.0 Å². The van der Waals surface area contributed by atoms with Crippen molar-refractivity contribution in [3.8, 4) is 23.0 Å². The largest absolute Gasteiger partial charge is 0.493 e. The smallest absolute Gasteiger partial charge is 0.185 e. The van der Waals surface area contributed by atoms with E-state index in [1.807, 2.05) is 36.4 Å². The molecule has 0 spiro atoms. The molecule has 2 aromatic rings. The number of ketones is 1. The highest BCUT2D eigenvalue weighted by Gasteiger charge is 2.22. The zero-order valence-corrected chi connectivity index (χ0v) is 23.6. The quantitative estimate of drug-likeness (QED) is 0.197. The Balaban J connectivity index is 1.86. The van der Waals surface area contributed by atoms with Crippen molar-refractivity contribution in [3.63, 3.8) is 0 Å². The molecular weight excluding hydrogens is 511 g/mol. The number of methoxy groups -OCH3 is 2. The number of unbranched alkanes of at least 4 members (excludes halogenated alkanes) is 2. The van der Waals surface area contributed by atoms with Crippen LogP contribution in [0.25, 0.3) is 12.2 Å². The first-order chi connectivity index (χ1) is 17.9. The minimum Gasteiger partial charge on any atom is -0.493 e. The Labute approximate surface area is 230 Å². The van der Waals surface area contributed by atoms with Gasteiger partial charge in [0.1, 0.15) is 0 Å². The second kappa shape index (κ2) is 14.3. The summed E-state index contributed by atoms with van der Waals surface area (Å²) < 4.78 is 22.7. The maximum absolute atomic E-state index is 13.4. The molecule has 0 atom stereocenters. The van der Waals surface area contributed by atoms with Crippen LogP contribution in [0.3, 0.4) is 0 Å². The third-order valence-electron chi connectivity index (χ3n) is 6.15. The van der Waals surface area contributed by atoms with Crippen molar-refractivity contribution in [3.05, 3.63) is 56.6 Å². The maximum Gasteiger partial charge on any atom is 0.185 e. The van der Waals surface area contributed by atoms with Crippen molar-refractivity contribution in [1.82, 2.24) is 0 Å². The number of ether oxygens (including phenoxy) is 4. The van der Waals surface area contributed by atoms with Crippen LogP contribution < -0.4 is 18.9 Å². The van der Waals surface area contributed by atoms with E-state index in [-0.39, 0.29) is 5.78 Å². The molecule has 0 aliphatic heterocycles. The molecule has 0 bridgehead atoms. The van der Waals surface area contributed by atoms with Gasteiger partial charge in [-0.3, -0.25) is 4.79 Å². The highest BCUT2D eigenvalue weighted by atomic mass is 35.5. The van der Waals surface area contributed by atoms with Crippen molar-refractivity contribution in [2.75, 3.05) is 27.4 Å². The predicted molar refractivity (Wildman–Crippen MR) is 152 cm³/mol. The summed E-state index contributed by atoms with van der Waals surface area (Å²) in [6.07, 6.45) is 9.94. The van der Waals surface area contributed by atoms with Gasteiger partial charge in [0.25, 0.3) is 0 Å². The Morgan fingerprint density at radius 2 is 1.19 bits per heavy atom. The summed E-state index contributed by atoms with van der Waals surface area (Å²) in [7, 11) is 3.17. The summed E-state index contributed by atoms with van der Waals surface area (Å²) in [5.41, 5.74) is 3.06. The first-order valence-corrected chi connectivity index (χ1v) is 13.6. The van der Waals surface area contributed by atoms with Crippen molar-refractivity contribution in [2.24, 2.45) is 0 Å². The number of halogens is 2. The average Bonchev–Trinajstić information content (AvgIpc) is 2.88. The van der Waals surface area contributed by atoms with Gasteiger partial charge in [-0.1, -0.05) is 49.9 Å². The maximum atomic E-state index is 13.4. The highest BCUT2D eigenvalue weighted by molar-refractivity contribution is 6.33. The monoisotopic (exact) mass is 546 g/mol. The zero-order valence-electron chi connectivity index (χ0n) is 22.1. The first kappa shape index (κ1) is 28.9. The third-order valence-corrected chi connectivity index (χ3v) is 6.71. The fourth-order valence-electron chi connectivity index (χ4n) is 4.14. The number of Topliss-reactive ketones (excluding diaryl/α,β-unsaturated/α-hetero) is 1. The Morgan fingerprint density at radius 1 is 0.757 bits per heavy atom. The molecule has 5 nitrogen and oxygen atoms in total. The van der Waals surface area contributed by atoms with Gasteiger partial charge in [0.2, 0.25) is 0 Å². The Kier molecular flexibility index (Phi) is 11.2. The molecule has 0 amide bonds. The average molecular weight is 548 g/mol. The second-order valence-electron chi connectivity index (χ2n) is 8.99. The van der Waals surface area contributed by atoms with E-state index in [2.05, 4.69) is 13.8 Å². The lowest BCUT2D eigenvalue weighted by Gasteiger charge is -2.18. The third kappa shape index (κ3) is 7.68. The molecule has 3 rings (SSSR count). The van der Waals surface area contributed by atoms with Gasteiger partial charge in [-0.15, -0.1) is 0 Å². The standard InChI is InChI=1S/C30H36Cl2O5/c1-5-7-12-36-29-24(31)16-20(18-26(29)34-3)14-22-10-9-11-23(28(22)33)15-21-17-25(32)30(27(19-21)35-4)37-13-8-6-2/h14-19H,5-13H2,1-4H3/b22-14-,23-15-. The minimum atomic E-state index is 0.0166. The van der Waals surface area contributed by atoms with Gasteiger partial charge in [0.15, 0.2) is 28.8 Å². The highest BCUT2D eigenvalue weighted by Crippen LogP contribution is 2.39. The molecule has 0 N–H and O–H groups in total. The molecule has 0 saturated heterocycles. The number of benzene rings is 2. The summed E-state index contributed by atoms with van der Waals surface area (Å²) >= 11 is 13.0. The molecule has 0 unspecified atom stereocenters. The van der Waals surface area contributed by atoms with E-state index in [0.29, 0.717) is 59.1 Å². The number of hydrogen-bond donors (Lipinski definition) is 0. The van der Waals surface area contributed by atoms with Crippen LogP contribution in [0.4, 0.5) is 0 Å². The molecule has 1 aliphatic rings. The van der Waals surface area contributed by atoms with E-state index in [0.717, 1.165) is 54.4 Å². The molecule has 0 aromatic heterocycles. The number of allylic oxidation sites excluding steroid dienone is 2. The van der Waals surface area contributed by atoms with Crippen LogP contribution in [-0.4, -0.2) is 33.2 Å². The fraction of sp³-hybridized carbons (Fsp3) is 0.433. The van der Waals surface area contributed by atoms with Crippen molar-refractivity contribution in [2.45, 2.75) is 58.8 Å². The Hall–Kier alpha value is -2.63. The predicted octanol–water partition coefficient (Wildman–Crippen LogP) is 8.59. The van der Waals surface area contributed by atoms with E-state index in [1.165, 1.54) is 0 Å². The molecule has 1 aliphatic carbocycles. The van der Waals surface area contributed by atoms with Gasteiger partial charge in [0, 0.05) is 11.1 Å². The molecular formula is C30H36Cl2O5. The van der Waals surface area contributed by atoms with Gasteiger partial charge in [-0.2, -0.15) is 0 Å². The topological polar surface area (TPSA) is 54.0 Å². The minimum absolute atomic E-state index is 0.0166. The molecule has 7 heteroatoms. The van der Waals surface area contributed by atoms with Crippen LogP contribution in [0.2, 0.25) is 10.0 Å². The normalized spacial score (nSPS) is 15.8. The summed E-state index contributed by atoms with van der Waals surface area (Å²) in [5, 5.41) is 0.925. The van der Waals surface area contributed by atoms with E-state index in [4.69, 9.17) is 42.1 Å². The van der Waals surface area contributed by atoms with Crippen LogP contribution in [-0.2, 0) is 4.79 Å². The van der Waals surface area contributed by atoms with Gasteiger partial charge >= 0.3 is 0 Å². The van der Waals surface area contributed by atoms with E-state index < -0.39 is 0 Å². The molecule has 1 fully saturated rings. The lowest BCUT2D eigenvalue weighted by atomic mass is 9.87. The van der Waals surface area contributed by atoms with Gasteiger partial charge in [-0.25, -0.2) is 0 Å². The Bertz CT molecular complexity index is 1070. The number of carbonyl (C=O) groups is 1. The van der Waals surface area contributed by atoms with Crippen LogP contribution in [0.15, 0.2) is 35.4 Å². The van der Waals surface area contributed by atoms with Gasteiger partial charge in [0.05, 0.1) is 37.5 Å². The lowest BCUT2D eigenvalue weighted by Crippen LogP contribution is -2.12. The van der Waals surface area contributed by atoms with Crippen molar-refractivity contribution < 1.29 is 23.7 Å². The summed E-state index contributed by atoms with van der Waals surface area (Å²) in [6.45, 7) is 5.34. The molecule has 0 radical (unpaired) electrons. The molecule has 37 heavy (non-hydrogen) atoms. The molecule has 1 saturated carbocycles. The van der Waals surface area contributed by atoms with Gasteiger partial charge < -0.3 is 18.9 Å². The SMILES string of the molecule is CCCCOc1c(Cl)cc(/C=C2/CCC/C(=C/c3cc(Cl)c(OCCCC)c(OC)c3)C2=O)cc1OC. The molecule has 2 aromatic carbocycles. The van der Waals surface area contributed by atoms with E-state index in [1.54, 1.807) is 14.2 Å². The second-order valence-corrected chi connectivity index (χ2v) is 9.81. The number of rotatable bonds is 12. The lowest BCUT2D eigenvalue weighted by molar-refractivity contribution is -0.112. The summed E-state index contributed by atoms with van der Waals surface area (Å²) in [6, 6.07) is 7.33. The van der Waals surface area contributed by atoms with E-state index in [9.17, 15) is 4.79 Å². The number of hydrogen-bond acceptors (Lipinski definition) is 5. The van der Waals surface area contributed by atoms with Crippen molar-refractivity contribution >= 4 is 41.1 Å². The summed E-state index contributed by atoms with van der Waals surface area (Å²) in [5.74, 6) is 2.18. The van der Waals surface area contributed by atoms with Crippen molar-refractivity contribution in [1.29, 1.82) is 0 Å². The Morgan fingerprint density at radius 3 is 1.57 bits per heavy atom. The first-order valence-electron chi connectivity index (χ1n) is 12.9. The van der Waals surface area contributed by atoms with E-state index >= 15 is 0 Å². The number of carbonyl (C=O) groups excluding carboxylic acids is 1. The van der Waals surface area contributed by atoms with Crippen LogP contribution in [0.1, 0.15) is 69.9 Å².